The second-order valence-corrected chi connectivity index (χ2v) is 5.06. The Morgan fingerprint density at radius 2 is 1.90 bits per heavy atom. The number of hydrogen-bond acceptors (Lipinski definition) is 4. The van der Waals surface area contributed by atoms with Crippen LogP contribution in [0.5, 0.6) is 0 Å². The molecule has 1 rings (SSSR count). The molecular weight excluding hydrogens is 262 g/mol. The van der Waals surface area contributed by atoms with Crippen LogP contribution in [-0.2, 0) is 9.53 Å². The van der Waals surface area contributed by atoms with Gasteiger partial charge in [0.1, 0.15) is 6.54 Å². The predicted molar refractivity (Wildman–Crippen MR) is 74.8 cm³/mol. The second kappa shape index (κ2) is 8.76. The van der Waals surface area contributed by atoms with E-state index in [4.69, 9.17) is 9.84 Å². The maximum atomic E-state index is 12.2. The number of carboxylic acid groups (broad SMARTS) is 1. The summed E-state index contributed by atoms with van der Waals surface area (Å²) in [5, 5.41) is 8.85. The van der Waals surface area contributed by atoms with E-state index in [0.29, 0.717) is 13.2 Å². The summed E-state index contributed by atoms with van der Waals surface area (Å²) in [6.07, 6.45) is 2.44. The number of rotatable bonds is 8. The van der Waals surface area contributed by atoms with Gasteiger partial charge in [-0.1, -0.05) is 0 Å². The van der Waals surface area contributed by atoms with Gasteiger partial charge in [-0.15, -0.1) is 0 Å². The molecule has 0 aliphatic carbocycles. The van der Waals surface area contributed by atoms with Crippen molar-refractivity contribution < 1.29 is 19.4 Å². The molecule has 1 saturated heterocycles. The van der Waals surface area contributed by atoms with Gasteiger partial charge in [0.25, 0.3) is 0 Å². The number of methoxy groups -OCH3 is 1. The van der Waals surface area contributed by atoms with Gasteiger partial charge < -0.3 is 24.5 Å². The molecule has 0 radical (unpaired) electrons. The smallest absolute Gasteiger partial charge is 0.323 e. The lowest BCUT2D eigenvalue weighted by Gasteiger charge is -2.28. The van der Waals surface area contributed by atoms with Crippen molar-refractivity contribution >= 4 is 12.0 Å². The SMILES string of the molecule is COCCN(CC(=O)O)C(=O)N(C)CCN1CCCC1. The van der Waals surface area contributed by atoms with Crippen molar-refractivity contribution in [3.63, 3.8) is 0 Å². The van der Waals surface area contributed by atoms with Crippen molar-refractivity contribution in [3.8, 4) is 0 Å². The highest BCUT2D eigenvalue weighted by atomic mass is 16.5. The fourth-order valence-electron chi connectivity index (χ4n) is 2.24. The van der Waals surface area contributed by atoms with Crippen LogP contribution in [0.3, 0.4) is 0 Å². The first-order chi connectivity index (χ1) is 9.54. The fraction of sp³-hybridized carbons (Fsp3) is 0.846. The van der Waals surface area contributed by atoms with E-state index >= 15 is 0 Å². The van der Waals surface area contributed by atoms with Gasteiger partial charge in [0, 0.05) is 33.8 Å². The number of likely N-dealkylation sites (tertiary alicyclic amines) is 1. The van der Waals surface area contributed by atoms with E-state index in [1.807, 2.05) is 0 Å². The molecular formula is C13H25N3O4. The summed E-state index contributed by atoms with van der Waals surface area (Å²) >= 11 is 0. The lowest BCUT2D eigenvalue weighted by Crippen LogP contribution is -2.47. The second-order valence-electron chi connectivity index (χ2n) is 5.06. The van der Waals surface area contributed by atoms with Crippen molar-refractivity contribution in [2.75, 3.05) is 60.0 Å². The quantitative estimate of drug-likeness (QED) is 0.689. The van der Waals surface area contributed by atoms with Crippen LogP contribution in [0.1, 0.15) is 12.8 Å². The van der Waals surface area contributed by atoms with Gasteiger partial charge in [-0.2, -0.15) is 0 Å². The summed E-state index contributed by atoms with van der Waals surface area (Å²) < 4.78 is 4.91. The average Bonchev–Trinajstić information content (AvgIpc) is 2.92. The lowest BCUT2D eigenvalue weighted by molar-refractivity contribution is -0.137. The molecule has 7 nitrogen and oxygen atoms in total. The first-order valence-corrected chi connectivity index (χ1v) is 6.97. The number of aliphatic carboxylic acids is 1. The van der Waals surface area contributed by atoms with Crippen molar-refractivity contribution in [2.24, 2.45) is 0 Å². The minimum absolute atomic E-state index is 0.261. The molecule has 0 unspecified atom stereocenters. The third-order valence-corrected chi connectivity index (χ3v) is 3.44. The van der Waals surface area contributed by atoms with Gasteiger partial charge in [-0.3, -0.25) is 4.79 Å². The van der Waals surface area contributed by atoms with E-state index in [0.717, 1.165) is 19.6 Å². The van der Waals surface area contributed by atoms with Gasteiger partial charge in [0.05, 0.1) is 6.61 Å². The van der Waals surface area contributed by atoms with Gasteiger partial charge in [0.15, 0.2) is 0 Å². The zero-order valence-electron chi connectivity index (χ0n) is 12.4. The number of hydrogen-bond donors (Lipinski definition) is 1. The Morgan fingerprint density at radius 1 is 1.25 bits per heavy atom. The highest BCUT2D eigenvalue weighted by Gasteiger charge is 2.21. The molecule has 0 saturated carbocycles. The molecule has 1 aliphatic rings. The number of carboxylic acids is 1. The summed E-state index contributed by atoms with van der Waals surface area (Å²) in [6.45, 7) is 3.95. The standard InChI is InChI=1S/C13H25N3O4/c1-14(7-8-15-5-3-4-6-15)13(19)16(9-10-20-2)11-12(17)18/h3-11H2,1-2H3,(H,17,18). The topological polar surface area (TPSA) is 73.3 Å². The Labute approximate surface area is 120 Å². The Kier molecular flexibility index (Phi) is 7.32. The fourth-order valence-corrected chi connectivity index (χ4v) is 2.24. The summed E-state index contributed by atoms with van der Waals surface area (Å²) in [6, 6.07) is -0.261. The van der Waals surface area contributed by atoms with Crippen LogP contribution in [0.25, 0.3) is 0 Å². The molecule has 0 bridgehead atoms. The Balaban J connectivity index is 2.41. The summed E-state index contributed by atoms with van der Waals surface area (Å²) in [7, 11) is 3.24. The number of carbonyl (C=O) groups excluding carboxylic acids is 1. The predicted octanol–water partition coefficient (Wildman–Crippen LogP) is 0.167. The first kappa shape index (κ1) is 16.7. The van der Waals surface area contributed by atoms with Crippen LogP contribution in [0, 0.1) is 0 Å². The van der Waals surface area contributed by atoms with E-state index in [1.165, 1.54) is 24.9 Å². The molecule has 0 aromatic carbocycles. The normalized spacial score (nSPS) is 15.3. The highest BCUT2D eigenvalue weighted by Crippen LogP contribution is 2.07. The molecule has 7 heteroatoms. The summed E-state index contributed by atoms with van der Waals surface area (Å²) in [5.74, 6) is -1.01. The van der Waals surface area contributed by atoms with Crippen molar-refractivity contribution in [3.05, 3.63) is 0 Å². The monoisotopic (exact) mass is 287 g/mol. The van der Waals surface area contributed by atoms with Gasteiger partial charge in [-0.25, -0.2) is 4.79 Å². The number of ether oxygens (including phenoxy) is 1. The first-order valence-electron chi connectivity index (χ1n) is 6.97. The number of amides is 2. The minimum Gasteiger partial charge on any atom is -0.480 e. The summed E-state index contributed by atoms with van der Waals surface area (Å²) in [4.78, 5) is 28.2. The van der Waals surface area contributed by atoms with Crippen molar-refractivity contribution in [1.29, 1.82) is 0 Å². The van der Waals surface area contributed by atoms with E-state index < -0.39 is 5.97 Å². The summed E-state index contributed by atoms with van der Waals surface area (Å²) in [5.41, 5.74) is 0. The van der Waals surface area contributed by atoms with Gasteiger partial charge in [0.2, 0.25) is 0 Å². The third kappa shape index (κ3) is 5.75. The molecule has 2 amide bonds. The maximum Gasteiger partial charge on any atom is 0.323 e. The molecule has 1 fully saturated rings. The molecule has 1 heterocycles. The van der Waals surface area contributed by atoms with Gasteiger partial charge in [-0.05, 0) is 25.9 Å². The zero-order valence-corrected chi connectivity index (χ0v) is 12.4. The van der Waals surface area contributed by atoms with Gasteiger partial charge >= 0.3 is 12.0 Å². The maximum absolute atomic E-state index is 12.2. The van der Waals surface area contributed by atoms with E-state index in [1.54, 1.807) is 11.9 Å². The minimum atomic E-state index is -1.01. The van der Waals surface area contributed by atoms with E-state index in [9.17, 15) is 9.59 Å². The third-order valence-electron chi connectivity index (χ3n) is 3.44. The van der Waals surface area contributed by atoms with Crippen molar-refractivity contribution in [1.82, 2.24) is 14.7 Å². The number of urea groups is 1. The molecule has 1 N–H and O–H groups in total. The molecule has 116 valence electrons. The van der Waals surface area contributed by atoms with Crippen LogP contribution in [0.15, 0.2) is 0 Å². The Hall–Kier alpha value is -1.34. The number of nitrogens with zero attached hydrogens (tertiary/aromatic N) is 3. The van der Waals surface area contributed by atoms with Crippen molar-refractivity contribution in [2.45, 2.75) is 12.8 Å². The van der Waals surface area contributed by atoms with Crippen LogP contribution in [-0.4, -0.2) is 91.8 Å². The van der Waals surface area contributed by atoms with E-state index in [2.05, 4.69) is 4.90 Å². The molecule has 20 heavy (non-hydrogen) atoms. The molecule has 0 spiro atoms. The number of carbonyl (C=O) groups is 2. The lowest BCUT2D eigenvalue weighted by atomic mass is 10.4. The van der Waals surface area contributed by atoms with Crippen LogP contribution >= 0.6 is 0 Å². The molecule has 0 aromatic rings. The Bertz CT molecular complexity index is 319. The zero-order chi connectivity index (χ0) is 15.0. The highest BCUT2D eigenvalue weighted by molar-refractivity contribution is 5.80. The molecule has 0 atom stereocenters. The molecule has 0 aromatic heterocycles. The van der Waals surface area contributed by atoms with Crippen LogP contribution in [0.2, 0.25) is 0 Å². The Morgan fingerprint density at radius 3 is 2.45 bits per heavy atom. The number of likely N-dealkylation sites (N-methyl/N-ethyl adjacent to an activating group) is 1. The molecule has 1 aliphatic heterocycles. The van der Waals surface area contributed by atoms with Crippen LogP contribution < -0.4 is 0 Å². The largest absolute Gasteiger partial charge is 0.480 e. The van der Waals surface area contributed by atoms with Crippen LogP contribution in [0.4, 0.5) is 4.79 Å². The van der Waals surface area contributed by atoms with E-state index in [-0.39, 0.29) is 19.1 Å². The average molecular weight is 287 g/mol.